The molecule has 1 rings (SSSR count). The van der Waals surface area contributed by atoms with E-state index in [4.69, 9.17) is 9.84 Å². The Kier molecular flexibility index (Phi) is 6.78. The molecule has 5 heteroatoms. The van der Waals surface area contributed by atoms with E-state index in [0.29, 0.717) is 13.2 Å². The number of aliphatic hydroxyl groups is 1. The SMILES string of the molecule is CC(C)(C)c1nc(CNCCCOCCO)cs1. The summed E-state index contributed by atoms with van der Waals surface area (Å²) in [5.41, 5.74) is 1.25. The van der Waals surface area contributed by atoms with Gasteiger partial charge in [-0.1, -0.05) is 20.8 Å². The standard InChI is InChI=1S/C13H24N2O2S/c1-13(2,3)12-15-11(10-18-12)9-14-5-4-7-17-8-6-16/h10,14,16H,4-9H2,1-3H3. The quantitative estimate of drug-likeness (QED) is 0.710. The maximum absolute atomic E-state index is 8.54. The van der Waals surface area contributed by atoms with Crippen LogP contribution in [0.4, 0.5) is 0 Å². The van der Waals surface area contributed by atoms with Crippen molar-refractivity contribution in [3.63, 3.8) is 0 Å². The zero-order valence-corrected chi connectivity index (χ0v) is 12.3. The number of aromatic nitrogens is 1. The van der Waals surface area contributed by atoms with Gasteiger partial charge in [-0.3, -0.25) is 0 Å². The van der Waals surface area contributed by atoms with Crippen LogP contribution in [-0.4, -0.2) is 36.5 Å². The molecule has 1 aromatic rings. The van der Waals surface area contributed by atoms with Crippen LogP contribution in [-0.2, 0) is 16.7 Å². The van der Waals surface area contributed by atoms with Crippen molar-refractivity contribution in [2.45, 2.75) is 39.2 Å². The van der Waals surface area contributed by atoms with E-state index in [0.717, 1.165) is 25.2 Å². The van der Waals surface area contributed by atoms with Crippen molar-refractivity contribution in [1.82, 2.24) is 10.3 Å². The van der Waals surface area contributed by atoms with Crippen molar-refractivity contribution in [2.75, 3.05) is 26.4 Å². The number of ether oxygens (including phenoxy) is 1. The third-order valence-electron chi connectivity index (χ3n) is 2.38. The van der Waals surface area contributed by atoms with E-state index < -0.39 is 0 Å². The summed E-state index contributed by atoms with van der Waals surface area (Å²) >= 11 is 1.73. The Labute approximate surface area is 113 Å². The maximum Gasteiger partial charge on any atom is 0.0982 e. The predicted octanol–water partition coefficient (Wildman–Crippen LogP) is 1.93. The molecule has 0 aliphatic carbocycles. The summed E-state index contributed by atoms with van der Waals surface area (Å²) in [5.74, 6) is 0. The third kappa shape index (κ3) is 5.91. The van der Waals surface area contributed by atoms with Gasteiger partial charge < -0.3 is 15.2 Å². The summed E-state index contributed by atoms with van der Waals surface area (Å²) in [5, 5.41) is 15.2. The van der Waals surface area contributed by atoms with E-state index in [2.05, 4.69) is 36.5 Å². The van der Waals surface area contributed by atoms with Gasteiger partial charge in [-0.15, -0.1) is 11.3 Å². The second kappa shape index (κ2) is 7.84. The summed E-state index contributed by atoms with van der Waals surface area (Å²) in [4.78, 5) is 4.62. The van der Waals surface area contributed by atoms with Gasteiger partial charge in [-0.25, -0.2) is 4.98 Å². The molecule has 2 N–H and O–H groups in total. The molecule has 0 saturated heterocycles. The maximum atomic E-state index is 8.54. The summed E-state index contributed by atoms with van der Waals surface area (Å²) in [6.07, 6.45) is 0.955. The first-order chi connectivity index (χ1) is 8.54. The highest BCUT2D eigenvalue weighted by atomic mass is 32.1. The fourth-order valence-electron chi connectivity index (χ4n) is 1.41. The van der Waals surface area contributed by atoms with E-state index in [-0.39, 0.29) is 12.0 Å². The number of aliphatic hydroxyl groups excluding tert-OH is 1. The van der Waals surface area contributed by atoms with Crippen LogP contribution in [0.2, 0.25) is 0 Å². The first-order valence-corrected chi connectivity index (χ1v) is 7.26. The number of rotatable bonds is 8. The van der Waals surface area contributed by atoms with Gasteiger partial charge in [0.2, 0.25) is 0 Å². The number of nitrogens with one attached hydrogen (secondary N) is 1. The molecule has 0 aliphatic heterocycles. The summed E-state index contributed by atoms with van der Waals surface area (Å²) in [6.45, 7) is 9.49. The largest absolute Gasteiger partial charge is 0.394 e. The van der Waals surface area contributed by atoms with Gasteiger partial charge in [0, 0.05) is 23.9 Å². The number of hydrogen-bond donors (Lipinski definition) is 2. The van der Waals surface area contributed by atoms with E-state index in [1.165, 1.54) is 5.01 Å². The fourth-order valence-corrected chi connectivity index (χ4v) is 2.32. The second-order valence-electron chi connectivity index (χ2n) is 5.26. The van der Waals surface area contributed by atoms with Gasteiger partial charge in [-0.2, -0.15) is 0 Å². The topological polar surface area (TPSA) is 54.4 Å². The molecule has 0 atom stereocenters. The van der Waals surface area contributed by atoms with E-state index in [9.17, 15) is 0 Å². The minimum absolute atomic E-state index is 0.0990. The molecule has 0 saturated carbocycles. The number of thiazole rings is 1. The smallest absolute Gasteiger partial charge is 0.0982 e. The monoisotopic (exact) mass is 272 g/mol. The average molecular weight is 272 g/mol. The minimum atomic E-state index is 0.0990. The second-order valence-corrected chi connectivity index (χ2v) is 6.12. The molecule has 104 valence electrons. The van der Waals surface area contributed by atoms with Gasteiger partial charge in [0.15, 0.2) is 0 Å². The van der Waals surface area contributed by atoms with Crippen LogP contribution in [0.25, 0.3) is 0 Å². The van der Waals surface area contributed by atoms with Crippen molar-refractivity contribution >= 4 is 11.3 Å². The van der Waals surface area contributed by atoms with Crippen molar-refractivity contribution in [2.24, 2.45) is 0 Å². The van der Waals surface area contributed by atoms with Crippen molar-refractivity contribution in [3.8, 4) is 0 Å². The van der Waals surface area contributed by atoms with Crippen LogP contribution < -0.4 is 5.32 Å². The summed E-state index contributed by atoms with van der Waals surface area (Å²) in [7, 11) is 0. The van der Waals surface area contributed by atoms with Crippen LogP contribution >= 0.6 is 11.3 Å². The Bertz CT molecular complexity index is 334. The molecular formula is C13H24N2O2S. The normalized spacial score (nSPS) is 12.0. The zero-order valence-electron chi connectivity index (χ0n) is 11.5. The number of hydrogen-bond acceptors (Lipinski definition) is 5. The molecule has 0 fully saturated rings. The molecular weight excluding hydrogens is 248 g/mol. The zero-order chi connectivity index (χ0) is 13.4. The van der Waals surface area contributed by atoms with Gasteiger partial charge in [-0.05, 0) is 13.0 Å². The van der Waals surface area contributed by atoms with E-state index in [1.54, 1.807) is 11.3 Å². The van der Waals surface area contributed by atoms with Gasteiger partial charge >= 0.3 is 0 Å². The van der Waals surface area contributed by atoms with Gasteiger partial charge in [0.05, 0.1) is 23.9 Å². The van der Waals surface area contributed by atoms with Crippen molar-refractivity contribution in [1.29, 1.82) is 0 Å². The molecule has 0 aliphatic rings. The molecule has 1 aromatic heterocycles. The third-order valence-corrected chi connectivity index (χ3v) is 3.69. The van der Waals surface area contributed by atoms with Crippen LogP contribution in [0, 0.1) is 0 Å². The molecule has 0 amide bonds. The Hall–Kier alpha value is -0.490. The van der Waals surface area contributed by atoms with E-state index in [1.807, 2.05) is 0 Å². The molecule has 0 spiro atoms. The Balaban J connectivity index is 2.14. The van der Waals surface area contributed by atoms with Crippen LogP contribution in [0.3, 0.4) is 0 Å². The lowest BCUT2D eigenvalue weighted by Gasteiger charge is -2.13. The molecule has 0 radical (unpaired) electrons. The van der Waals surface area contributed by atoms with Crippen LogP contribution in [0.15, 0.2) is 5.38 Å². The molecule has 0 unspecified atom stereocenters. The lowest BCUT2D eigenvalue weighted by atomic mass is 9.98. The minimum Gasteiger partial charge on any atom is -0.394 e. The Morgan fingerprint density at radius 2 is 2.17 bits per heavy atom. The summed E-state index contributed by atoms with van der Waals surface area (Å²) in [6, 6.07) is 0. The average Bonchev–Trinajstić information content (AvgIpc) is 2.76. The molecule has 4 nitrogen and oxygen atoms in total. The van der Waals surface area contributed by atoms with Crippen molar-refractivity contribution in [3.05, 3.63) is 16.1 Å². The van der Waals surface area contributed by atoms with E-state index >= 15 is 0 Å². The lowest BCUT2D eigenvalue weighted by Crippen LogP contribution is -2.17. The molecule has 18 heavy (non-hydrogen) atoms. The Morgan fingerprint density at radius 1 is 1.39 bits per heavy atom. The number of nitrogens with zero attached hydrogens (tertiary/aromatic N) is 1. The first-order valence-electron chi connectivity index (χ1n) is 6.38. The van der Waals surface area contributed by atoms with Crippen molar-refractivity contribution < 1.29 is 9.84 Å². The van der Waals surface area contributed by atoms with Crippen LogP contribution in [0.1, 0.15) is 37.9 Å². The highest BCUT2D eigenvalue weighted by Crippen LogP contribution is 2.25. The highest BCUT2D eigenvalue weighted by Gasteiger charge is 2.17. The van der Waals surface area contributed by atoms with Gasteiger partial charge in [0.1, 0.15) is 0 Å². The summed E-state index contributed by atoms with van der Waals surface area (Å²) < 4.78 is 5.18. The first kappa shape index (κ1) is 15.6. The Morgan fingerprint density at radius 3 is 2.78 bits per heavy atom. The predicted molar refractivity (Wildman–Crippen MR) is 75.0 cm³/mol. The van der Waals surface area contributed by atoms with Gasteiger partial charge in [0.25, 0.3) is 0 Å². The molecule has 0 bridgehead atoms. The highest BCUT2D eigenvalue weighted by molar-refractivity contribution is 7.09. The fraction of sp³-hybridized carbons (Fsp3) is 0.769. The molecule has 1 heterocycles. The molecule has 0 aromatic carbocycles. The van der Waals surface area contributed by atoms with Crippen LogP contribution in [0.5, 0.6) is 0 Å². The lowest BCUT2D eigenvalue weighted by molar-refractivity contribution is 0.0907.